The molecule has 2 aromatic carbocycles. The summed E-state index contributed by atoms with van der Waals surface area (Å²) in [5, 5.41) is 0.683. The lowest BCUT2D eigenvalue weighted by molar-refractivity contribution is 0.103. The van der Waals surface area contributed by atoms with E-state index in [1.165, 1.54) is 12.3 Å². The third-order valence-electron chi connectivity index (χ3n) is 4.53. The van der Waals surface area contributed by atoms with Gasteiger partial charge in [0, 0.05) is 35.5 Å². The lowest BCUT2D eigenvalue weighted by atomic mass is 10.1. The number of rotatable bonds is 12. The van der Waals surface area contributed by atoms with Gasteiger partial charge in [-0.05, 0) is 25.0 Å². The zero-order valence-corrected chi connectivity index (χ0v) is 21.0. The average Bonchev–Trinajstić information content (AvgIpc) is 2.83. The van der Waals surface area contributed by atoms with E-state index >= 15 is 0 Å². The molecule has 3 aromatic rings. The first-order chi connectivity index (χ1) is 16.4. The second kappa shape index (κ2) is 13.4. The van der Waals surface area contributed by atoms with E-state index in [1.807, 2.05) is 18.2 Å². The van der Waals surface area contributed by atoms with Gasteiger partial charge in [0.2, 0.25) is 5.88 Å². The Morgan fingerprint density at radius 2 is 1.53 bits per heavy atom. The summed E-state index contributed by atoms with van der Waals surface area (Å²) in [5.74, 6) is 1.25. The van der Waals surface area contributed by atoms with Crippen molar-refractivity contribution in [1.82, 2.24) is 4.98 Å². The standard InChI is InChI=1S/C25H21Cl4NO4/c26-20-14-19(32-13-10-22(28)29)15-21(27)25(20)34-12-5-4-11-33-23-9-8-18(16-30-23)24(31)17-6-2-1-3-7-17/h1-3,6-10,14-16H,4-5,11-13H2. The van der Waals surface area contributed by atoms with Crippen molar-refractivity contribution in [2.24, 2.45) is 0 Å². The predicted molar refractivity (Wildman–Crippen MR) is 136 cm³/mol. The number of unbranched alkanes of at least 4 members (excludes halogenated alkanes) is 1. The Balaban J connectivity index is 1.39. The van der Waals surface area contributed by atoms with Gasteiger partial charge < -0.3 is 14.2 Å². The molecule has 3 rings (SSSR count). The van der Waals surface area contributed by atoms with E-state index in [9.17, 15) is 4.79 Å². The van der Waals surface area contributed by atoms with Crippen LogP contribution in [0.2, 0.25) is 10.0 Å². The highest BCUT2D eigenvalue weighted by molar-refractivity contribution is 6.55. The summed E-state index contributed by atoms with van der Waals surface area (Å²) in [6.07, 6.45) is 4.47. The van der Waals surface area contributed by atoms with Gasteiger partial charge in [-0.25, -0.2) is 4.98 Å². The van der Waals surface area contributed by atoms with Crippen molar-refractivity contribution >= 4 is 52.2 Å². The maximum atomic E-state index is 12.4. The minimum Gasteiger partial charge on any atom is -0.490 e. The van der Waals surface area contributed by atoms with Crippen LogP contribution in [0.25, 0.3) is 0 Å². The number of hydrogen-bond acceptors (Lipinski definition) is 5. The monoisotopic (exact) mass is 539 g/mol. The third kappa shape index (κ3) is 8.10. The molecule has 0 amide bonds. The van der Waals surface area contributed by atoms with Gasteiger partial charge in [-0.3, -0.25) is 4.79 Å². The zero-order chi connectivity index (χ0) is 24.3. The molecule has 1 heterocycles. The molecule has 1 aromatic heterocycles. The summed E-state index contributed by atoms with van der Waals surface area (Å²) in [5.41, 5.74) is 1.13. The van der Waals surface area contributed by atoms with Crippen LogP contribution in [0.5, 0.6) is 17.4 Å². The normalized spacial score (nSPS) is 10.5. The van der Waals surface area contributed by atoms with E-state index in [0.29, 0.717) is 58.2 Å². The number of ketones is 1. The molecular formula is C25H21Cl4NO4. The molecule has 0 saturated heterocycles. The average molecular weight is 541 g/mol. The first kappa shape index (κ1) is 26.2. The molecule has 0 radical (unpaired) electrons. The highest BCUT2D eigenvalue weighted by atomic mass is 35.5. The second-order valence-electron chi connectivity index (χ2n) is 7.01. The number of pyridine rings is 1. The van der Waals surface area contributed by atoms with Crippen molar-refractivity contribution in [3.63, 3.8) is 0 Å². The summed E-state index contributed by atoms with van der Waals surface area (Å²) in [7, 11) is 0. The van der Waals surface area contributed by atoms with Gasteiger partial charge in [0.25, 0.3) is 0 Å². The minimum absolute atomic E-state index is 0.0785. The highest BCUT2D eigenvalue weighted by Crippen LogP contribution is 2.37. The molecule has 0 saturated carbocycles. The van der Waals surface area contributed by atoms with Crippen LogP contribution in [0.15, 0.2) is 71.4 Å². The van der Waals surface area contributed by atoms with Crippen molar-refractivity contribution < 1.29 is 19.0 Å². The second-order valence-corrected chi connectivity index (χ2v) is 8.83. The van der Waals surface area contributed by atoms with E-state index < -0.39 is 0 Å². The van der Waals surface area contributed by atoms with Gasteiger partial charge in [-0.15, -0.1) is 0 Å². The molecule has 0 spiro atoms. The summed E-state index contributed by atoms with van der Waals surface area (Å²) in [6, 6.07) is 15.7. The number of benzene rings is 2. The Morgan fingerprint density at radius 3 is 2.15 bits per heavy atom. The first-order valence-corrected chi connectivity index (χ1v) is 11.9. The van der Waals surface area contributed by atoms with E-state index in [2.05, 4.69) is 4.98 Å². The van der Waals surface area contributed by atoms with Crippen LogP contribution in [-0.2, 0) is 0 Å². The maximum absolute atomic E-state index is 12.4. The minimum atomic E-state index is -0.0785. The molecule has 0 unspecified atom stereocenters. The first-order valence-electron chi connectivity index (χ1n) is 10.4. The van der Waals surface area contributed by atoms with E-state index in [0.717, 1.165) is 6.42 Å². The zero-order valence-electron chi connectivity index (χ0n) is 18.0. The van der Waals surface area contributed by atoms with Gasteiger partial charge in [0.1, 0.15) is 16.8 Å². The van der Waals surface area contributed by atoms with Crippen LogP contribution < -0.4 is 14.2 Å². The van der Waals surface area contributed by atoms with Crippen LogP contribution in [-0.4, -0.2) is 30.6 Å². The van der Waals surface area contributed by atoms with Gasteiger partial charge >= 0.3 is 0 Å². The summed E-state index contributed by atoms with van der Waals surface area (Å²) >= 11 is 23.6. The van der Waals surface area contributed by atoms with Crippen molar-refractivity contribution in [2.45, 2.75) is 12.8 Å². The smallest absolute Gasteiger partial charge is 0.213 e. The molecule has 0 N–H and O–H groups in total. The molecule has 0 aliphatic rings. The molecule has 0 aliphatic heterocycles. The van der Waals surface area contributed by atoms with Crippen LogP contribution in [0.1, 0.15) is 28.8 Å². The highest BCUT2D eigenvalue weighted by Gasteiger charge is 2.11. The fraction of sp³-hybridized carbons (Fsp3) is 0.200. The Morgan fingerprint density at radius 1 is 0.853 bits per heavy atom. The van der Waals surface area contributed by atoms with E-state index in [4.69, 9.17) is 60.6 Å². The molecule has 34 heavy (non-hydrogen) atoms. The summed E-state index contributed by atoms with van der Waals surface area (Å²) < 4.78 is 16.9. The lowest BCUT2D eigenvalue weighted by Gasteiger charge is -2.12. The molecule has 9 heteroatoms. The molecule has 0 atom stereocenters. The number of hydrogen-bond donors (Lipinski definition) is 0. The van der Waals surface area contributed by atoms with Gasteiger partial charge in [-0.2, -0.15) is 0 Å². The molecule has 0 bridgehead atoms. The molecule has 5 nitrogen and oxygen atoms in total. The van der Waals surface area contributed by atoms with Crippen molar-refractivity contribution in [2.75, 3.05) is 19.8 Å². The number of halogens is 4. The Kier molecular flexibility index (Phi) is 10.4. The summed E-state index contributed by atoms with van der Waals surface area (Å²) in [4.78, 5) is 16.6. The van der Waals surface area contributed by atoms with Crippen LogP contribution in [0.4, 0.5) is 0 Å². The molecule has 178 valence electrons. The predicted octanol–water partition coefficient (Wildman–Crippen LogP) is 7.56. The van der Waals surface area contributed by atoms with E-state index in [1.54, 1.807) is 36.4 Å². The molecular weight excluding hydrogens is 520 g/mol. The Labute approximate surface area is 218 Å². The maximum Gasteiger partial charge on any atom is 0.213 e. The largest absolute Gasteiger partial charge is 0.490 e. The van der Waals surface area contributed by atoms with Gasteiger partial charge in [-0.1, -0.05) is 76.7 Å². The topological polar surface area (TPSA) is 57.7 Å². The molecule has 0 fully saturated rings. The number of carbonyl (C=O) groups is 1. The number of ether oxygens (including phenoxy) is 3. The SMILES string of the molecule is O=C(c1ccccc1)c1ccc(OCCCCOc2c(Cl)cc(OCC=C(Cl)Cl)cc2Cl)nc1. The van der Waals surface area contributed by atoms with Crippen molar-refractivity contribution in [3.8, 4) is 17.4 Å². The van der Waals surface area contributed by atoms with E-state index in [-0.39, 0.29) is 16.9 Å². The number of aromatic nitrogens is 1. The quantitative estimate of drug-likeness (QED) is 0.175. The molecule has 0 aliphatic carbocycles. The lowest BCUT2D eigenvalue weighted by Crippen LogP contribution is -2.05. The number of nitrogens with zero attached hydrogens (tertiary/aromatic N) is 1. The Bertz CT molecular complexity index is 1090. The van der Waals surface area contributed by atoms with Crippen LogP contribution in [0, 0.1) is 0 Å². The fourth-order valence-corrected chi connectivity index (χ4v) is 3.57. The van der Waals surface area contributed by atoms with Gasteiger partial charge in [0.05, 0.1) is 23.3 Å². The van der Waals surface area contributed by atoms with Crippen LogP contribution >= 0.6 is 46.4 Å². The van der Waals surface area contributed by atoms with Crippen molar-refractivity contribution in [3.05, 3.63) is 92.5 Å². The summed E-state index contributed by atoms with van der Waals surface area (Å²) in [6.45, 7) is 1.05. The fourth-order valence-electron chi connectivity index (χ4n) is 2.87. The van der Waals surface area contributed by atoms with Gasteiger partial charge in [0.15, 0.2) is 11.5 Å². The number of carbonyl (C=O) groups excluding carboxylic acids is 1. The van der Waals surface area contributed by atoms with Crippen LogP contribution in [0.3, 0.4) is 0 Å². The Hall–Kier alpha value is -2.44. The van der Waals surface area contributed by atoms with Crippen molar-refractivity contribution in [1.29, 1.82) is 0 Å². The third-order valence-corrected chi connectivity index (χ3v) is 5.40.